The smallest absolute Gasteiger partial charge is 0.226 e. The number of thiophene rings is 1. The second-order valence-corrected chi connectivity index (χ2v) is 7.99. The number of hydrogen-bond acceptors (Lipinski definition) is 3. The minimum absolute atomic E-state index is 0.368. The van der Waals surface area contributed by atoms with Crippen molar-refractivity contribution in [2.45, 2.75) is 32.2 Å². The van der Waals surface area contributed by atoms with Crippen molar-refractivity contribution in [3.8, 4) is 0 Å². The van der Waals surface area contributed by atoms with Crippen LogP contribution in [-0.2, 0) is 11.3 Å². The molecule has 0 radical (unpaired) electrons. The standard InChI is InChI=1S/C17H24N2OS/c20-17(16-11-13-3-4-14(16)10-13)19-7-5-18(6-8-19)12-15-2-1-9-21-15/h1-2,9,13-14,16H,3-8,10-12H2. The van der Waals surface area contributed by atoms with E-state index in [9.17, 15) is 4.79 Å². The summed E-state index contributed by atoms with van der Waals surface area (Å²) in [7, 11) is 0. The van der Waals surface area contributed by atoms with Gasteiger partial charge in [0.2, 0.25) is 5.91 Å². The molecule has 2 aliphatic carbocycles. The molecule has 3 nitrogen and oxygen atoms in total. The zero-order chi connectivity index (χ0) is 14.2. The second kappa shape index (κ2) is 5.73. The van der Waals surface area contributed by atoms with Crippen molar-refractivity contribution in [3.63, 3.8) is 0 Å². The van der Waals surface area contributed by atoms with Gasteiger partial charge >= 0.3 is 0 Å². The molecule has 4 rings (SSSR count). The Labute approximate surface area is 130 Å². The Morgan fingerprint density at radius 3 is 2.67 bits per heavy atom. The van der Waals surface area contributed by atoms with Gasteiger partial charge in [-0.25, -0.2) is 0 Å². The molecule has 114 valence electrons. The van der Waals surface area contributed by atoms with Gasteiger partial charge in [0.1, 0.15) is 0 Å². The Morgan fingerprint density at radius 1 is 1.19 bits per heavy atom. The van der Waals surface area contributed by atoms with Crippen molar-refractivity contribution >= 4 is 17.2 Å². The second-order valence-electron chi connectivity index (χ2n) is 6.96. The SMILES string of the molecule is O=C(C1CC2CCC1C2)N1CCN(Cc2cccs2)CC1. The molecule has 2 bridgehead atoms. The lowest BCUT2D eigenvalue weighted by molar-refractivity contribution is -0.139. The fraction of sp³-hybridized carbons (Fsp3) is 0.706. The Morgan fingerprint density at radius 2 is 2.05 bits per heavy atom. The van der Waals surface area contributed by atoms with Crippen molar-refractivity contribution in [1.29, 1.82) is 0 Å². The fourth-order valence-corrected chi connectivity index (χ4v) is 5.28. The summed E-state index contributed by atoms with van der Waals surface area (Å²) < 4.78 is 0. The largest absolute Gasteiger partial charge is 0.340 e. The molecule has 0 N–H and O–H groups in total. The number of rotatable bonds is 3. The molecule has 2 saturated carbocycles. The predicted molar refractivity (Wildman–Crippen MR) is 85.1 cm³/mol. The molecule has 1 aliphatic heterocycles. The molecule has 1 amide bonds. The Balaban J connectivity index is 1.30. The van der Waals surface area contributed by atoms with Crippen LogP contribution >= 0.6 is 11.3 Å². The minimum atomic E-state index is 0.368. The van der Waals surface area contributed by atoms with Crippen LogP contribution in [-0.4, -0.2) is 41.9 Å². The van der Waals surface area contributed by atoms with Crippen LogP contribution in [0.4, 0.5) is 0 Å². The van der Waals surface area contributed by atoms with Crippen molar-refractivity contribution in [2.24, 2.45) is 17.8 Å². The van der Waals surface area contributed by atoms with Gasteiger partial charge in [0, 0.05) is 43.5 Å². The maximum absolute atomic E-state index is 12.7. The van der Waals surface area contributed by atoms with Gasteiger partial charge in [-0.3, -0.25) is 9.69 Å². The average Bonchev–Trinajstić information content (AvgIpc) is 3.25. The maximum Gasteiger partial charge on any atom is 0.226 e. The number of piperazine rings is 1. The van der Waals surface area contributed by atoms with Gasteiger partial charge in [0.25, 0.3) is 0 Å². The zero-order valence-electron chi connectivity index (χ0n) is 12.5. The number of hydrogen-bond donors (Lipinski definition) is 0. The lowest BCUT2D eigenvalue weighted by Gasteiger charge is -2.37. The number of nitrogens with zero attached hydrogens (tertiary/aromatic N) is 2. The van der Waals surface area contributed by atoms with Gasteiger partial charge in [-0.1, -0.05) is 12.5 Å². The summed E-state index contributed by atoms with van der Waals surface area (Å²) in [5.74, 6) is 2.42. The number of fused-ring (bicyclic) bond motifs is 2. The van der Waals surface area contributed by atoms with Crippen LogP contribution in [0.25, 0.3) is 0 Å². The Bertz CT molecular complexity index is 493. The quantitative estimate of drug-likeness (QED) is 0.857. The third-order valence-electron chi connectivity index (χ3n) is 5.70. The van der Waals surface area contributed by atoms with Crippen LogP contribution < -0.4 is 0 Å². The van der Waals surface area contributed by atoms with E-state index >= 15 is 0 Å². The topological polar surface area (TPSA) is 23.6 Å². The van der Waals surface area contributed by atoms with E-state index in [2.05, 4.69) is 27.3 Å². The molecule has 0 aromatic carbocycles. The van der Waals surface area contributed by atoms with E-state index in [4.69, 9.17) is 0 Å². The third-order valence-corrected chi connectivity index (χ3v) is 6.56. The highest BCUT2D eigenvalue weighted by molar-refractivity contribution is 7.09. The molecule has 0 spiro atoms. The first-order valence-electron chi connectivity index (χ1n) is 8.33. The molecule has 1 aromatic rings. The molecule has 21 heavy (non-hydrogen) atoms. The van der Waals surface area contributed by atoms with Crippen molar-refractivity contribution in [3.05, 3.63) is 22.4 Å². The molecule has 3 atom stereocenters. The molecule has 3 aliphatic rings. The van der Waals surface area contributed by atoms with E-state index in [1.54, 1.807) is 0 Å². The minimum Gasteiger partial charge on any atom is -0.340 e. The van der Waals surface area contributed by atoms with Crippen molar-refractivity contribution in [2.75, 3.05) is 26.2 Å². The Kier molecular flexibility index (Phi) is 3.76. The summed E-state index contributed by atoms with van der Waals surface area (Å²) in [6, 6.07) is 4.33. The molecule has 4 heteroatoms. The summed E-state index contributed by atoms with van der Waals surface area (Å²) >= 11 is 1.83. The first kappa shape index (κ1) is 13.8. The van der Waals surface area contributed by atoms with E-state index in [1.165, 1.54) is 30.6 Å². The number of amides is 1. The highest BCUT2D eigenvalue weighted by Gasteiger charge is 2.44. The van der Waals surface area contributed by atoms with E-state index in [1.807, 2.05) is 11.3 Å². The monoisotopic (exact) mass is 304 g/mol. The molecular weight excluding hydrogens is 280 g/mol. The van der Waals surface area contributed by atoms with Crippen LogP contribution in [0.3, 0.4) is 0 Å². The van der Waals surface area contributed by atoms with Gasteiger partial charge in [0.05, 0.1) is 0 Å². The van der Waals surface area contributed by atoms with Gasteiger partial charge < -0.3 is 4.90 Å². The van der Waals surface area contributed by atoms with Gasteiger partial charge in [-0.2, -0.15) is 0 Å². The van der Waals surface area contributed by atoms with Crippen LogP contribution in [0.15, 0.2) is 17.5 Å². The predicted octanol–water partition coefficient (Wildman–Crippen LogP) is 2.83. The number of carbonyl (C=O) groups is 1. The van der Waals surface area contributed by atoms with Crippen LogP contribution in [0.2, 0.25) is 0 Å². The van der Waals surface area contributed by atoms with E-state index in [0.29, 0.717) is 17.7 Å². The summed E-state index contributed by atoms with van der Waals surface area (Å²) in [6.45, 7) is 4.97. The molecule has 1 saturated heterocycles. The van der Waals surface area contributed by atoms with Gasteiger partial charge in [-0.05, 0) is 42.5 Å². The van der Waals surface area contributed by atoms with E-state index in [0.717, 1.165) is 38.6 Å². The third kappa shape index (κ3) is 2.76. The normalized spacial score (nSPS) is 32.8. The Hall–Kier alpha value is -0.870. The first-order chi connectivity index (χ1) is 10.3. The summed E-state index contributed by atoms with van der Waals surface area (Å²) in [4.78, 5) is 18.8. The fourth-order valence-electron chi connectivity index (χ4n) is 4.53. The van der Waals surface area contributed by atoms with Crippen LogP contribution in [0.5, 0.6) is 0 Å². The lowest BCUT2D eigenvalue weighted by atomic mass is 9.87. The highest BCUT2D eigenvalue weighted by Crippen LogP contribution is 2.48. The highest BCUT2D eigenvalue weighted by atomic mass is 32.1. The summed E-state index contributed by atoms with van der Waals surface area (Å²) in [5.41, 5.74) is 0. The van der Waals surface area contributed by atoms with Gasteiger partial charge in [0.15, 0.2) is 0 Å². The average molecular weight is 304 g/mol. The molecule has 2 heterocycles. The molecule has 1 aromatic heterocycles. The summed E-state index contributed by atoms with van der Waals surface area (Å²) in [5, 5.41) is 2.14. The molecule has 3 unspecified atom stereocenters. The number of carbonyl (C=O) groups excluding carboxylic acids is 1. The maximum atomic E-state index is 12.7. The molecule has 3 fully saturated rings. The first-order valence-corrected chi connectivity index (χ1v) is 9.21. The summed E-state index contributed by atoms with van der Waals surface area (Å²) in [6.07, 6.45) is 5.19. The lowest BCUT2D eigenvalue weighted by Crippen LogP contribution is -2.50. The van der Waals surface area contributed by atoms with Crippen molar-refractivity contribution in [1.82, 2.24) is 9.80 Å². The zero-order valence-corrected chi connectivity index (χ0v) is 13.4. The van der Waals surface area contributed by atoms with E-state index < -0.39 is 0 Å². The van der Waals surface area contributed by atoms with E-state index in [-0.39, 0.29) is 0 Å². The van der Waals surface area contributed by atoms with Gasteiger partial charge in [-0.15, -0.1) is 11.3 Å². The van der Waals surface area contributed by atoms with Crippen molar-refractivity contribution < 1.29 is 4.79 Å². The van der Waals surface area contributed by atoms with Crippen LogP contribution in [0, 0.1) is 17.8 Å². The molecular formula is C17H24N2OS. The van der Waals surface area contributed by atoms with Crippen LogP contribution in [0.1, 0.15) is 30.6 Å².